The summed E-state index contributed by atoms with van der Waals surface area (Å²) in [6.45, 7) is 0. The van der Waals surface area contributed by atoms with Gasteiger partial charge in [0, 0.05) is 11.5 Å². The predicted molar refractivity (Wildman–Crippen MR) is 119 cm³/mol. The monoisotopic (exact) mass is 426 g/mol. The van der Waals surface area contributed by atoms with E-state index < -0.39 is 10.5 Å². The molecule has 156 valence electrons. The van der Waals surface area contributed by atoms with Crippen molar-refractivity contribution in [3.63, 3.8) is 0 Å². The number of benzene rings is 3. The molecule has 5 aromatic rings. The minimum Gasteiger partial charge on any atom is -0.508 e. The van der Waals surface area contributed by atoms with Gasteiger partial charge in [0.1, 0.15) is 11.3 Å². The average molecular weight is 426 g/mol. The summed E-state index contributed by atoms with van der Waals surface area (Å²) in [5.41, 5.74) is 0.376. The Morgan fingerprint density at radius 3 is 2.66 bits per heavy atom. The third kappa shape index (κ3) is 3.27. The van der Waals surface area contributed by atoms with Crippen molar-refractivity contribution in [1.29, 1.82) is 0 Å². The molecule has 3 aromatic carbocycles. The summed E-state index contributed by atoms with van der Waals surface area (Å²) in [7, 11) is 0. The highest BCUT2D eigenvalue weighted by atomic mass is 16.6. The van der Waals surface area contributed by atoms with Crippen LogP contribution in [0.2, 0.25) is 0 Å². The third-order valence-corrected chi connectivity index (χ3v) is 4.92. The Hall–Kier alpha value is -4.79. The number of hydrogen-bond acceptors (Lipinski definition) is 7. The van der Waals surface area contributed by atoms with Gasteiger partial charge in [-0.15, -0.1) is 0 Å². The maximum absolute atomic E-state index is 13.2. The molecule has 0 unspecified atom stereocenters. The quantitative estimate of drug-likeness (QED) is 0.259. The molecule has 0 aliphatic rings. The molecule has 0 atom stereocenters. The minimum atomic E-state index is -0.595. The van der Waals surface area contributed by atoms with Gasteiger partial charge in [-0.25, -0.2) is 4.98 Å². The topological polar surface area (TPSA) is 124 Å². The highest BCUT2D eigenvalue weighted by molar-refractivity contribution is 5.87. The molecule has 1 N–H and O–H groups in total. The summed E-state index contributed by atoms with van der Waals surface area (Å²) >= 11 is 0. The van der Waals surface area contributed by atoms with Crippen LogP contribution in [0.25, 0.3) is 33.5 Å². The first-order chi connectivity index (χ1) is 15.5. The lowest BCUT2D eigenvalue weighted by Crippen LogP contribution is -2.20. The van der Waals surface area contributed by atoms with Crippen LogP contribution in [-0.4, -0.2) is 25.9 Å². The summed E-state index contributed by atoms with van der Waals surface area (Å²) in [6, 6.07) is 19.5. The number of phenols is 1. The number of aromatic hydroxyl groups is 1. The fourth-order valence-corrected chi connectivity index (χ4v) is 3.41. The number of phenolic OH excluding ortho intramolecular Hbond substituents is 1. The Bertz CT molecular complexity index is 1570. The SMILES string of the molecule is O=c1c2ccccc2nc(-c2cc3ccccc3o2)n1N=Cc1cc(O)ccc1[N+](=O)[O-]. The summed E-state index contributed by atoms with van der Waals surface area (Å²) in [6.07, 6.45) is 1.14. The van der Waals surface area contributed by atoms with Crippen LogP contribution in [0, 0.1) is 10.1 Å². The molecule has 2 heterocycles. The molecule has 0 aliphatic carbocycles. The van der Waals surface area contributed by atoms with Gasteiger partial charge in [-0.05, 0) is 36.4 Å². The van der Waals surface area contributed by atoms with E-state index in [9.17, 15) is 20.0 Å². The van der Waals surface area contributed by atoms with E-state index in [2.05, 4.69) is 10.1 Å². The van der Waals surface area contributed by atoms with E-state index in [0.29, 0.717) is 22.2 Å². The Kier molecular flexibility index (Phi) is 4.48. The lowest BCUT2D eigenvalue weighted by atomic mass is 10.2. The van der Waals surface area contributed by atoms with E-state index in [1.807, 2.05) is 18.2 Å². The molecule has 9 nitrogen and oxygen atoms in total. The average Bonchev–Trinajstić information content (AvgIpc) is 3.22. The van der Waals surface area contributed by atoms with Crippen LogP contribution in [0.3, 0.4) is 0 Å². The molecule has 2 aromatic heterocycles. The van der Waals surface area contributed by atoms with Crippen molar-refractivity contribution in [1.82, 2.24) is 9.66 Å². The van der Waals surface area contributed by atoms with Gasteiger partial charge in [0.05, 0.1) is 27.6 Å². The van der Waals surface area contributed by atoms with Crippen molar-refractivity contribution in [3.8, 4) is 17.3 Å². The largest absolute Gasteiger partial charge is 0.508 e. The Morgan fingerprint density at radius 1 is 1.06 bits per heavy atom. The first-order valence-corrected chi connectivity index (χ1v) is 9.54. The number of nitro groups is 1. The summed E-state index contributed by atoms with van der Waals surface area (Å²) in [5, 5.41) is 26.4. The molecule has 0 amide bonds. The van der Waals surface area contributed by atoms with Crippen molar-refractivity contribution in [2.24, 2.45) is 5.10 Å². The van der Waals surface area contributed by atoms with Crippen LogP contribution >= 0.6 is 0 Å². The Balaban J connectivity index is 1.75. The molecule has 5 rings (SSSR count). The normalized spacial score (nSPS) is 11.5. The number of nitro benzene ring substituents is 1. The van der Waals surface area contributed by atoms with Gasteiger partial charge in [0.25, 0.3) is 11.2 Å². The minimum absolute atomic E-state index is 0.0330. The van der Waals surface area contributed by atoms with Crippen LogP contribution in [0.5, 0.6) is 5.75 Å². The van der Waals surface area contributed by atoms with Crippen LogP contribution < -0.4 is 5.56 Å². The number of hydrogen-bond donors (Lipinski definition) is 1. The maximum atomic E-state index is 13.2. The predicted octanol–water partition coefficient (Wildman–Crippen LogP) is 4.31. The van der Waals surface area contributed by atoms with E-state index in [1.54, 1.807) is 36.4 Å². The fraction of sp³-hybridized carbons (Fsp3) is 0. The van der Waals surface area contributed by atoms with Gasteiger partial charge < -0.3 is 9.52 Å². The Morgan fingerprint density at radius 2 is 1.84 bits per heavy atom. The van der Waals surface area contributed by atoms with Crippen LogP contribution in [0.15, 0.2) is 87.1 Å². The standard InChI is InChI=1S/C23H14N4O5/c28-16-9-10-19(27(30)31)15(11-16)13-24-26-22(21-12-14-5-1-4-8-20(14)32-21)25-18-7-3-2-6-17(18)23(26)29/h1-13,28H. The summed E-state index contributed by atoms with van der Waals surface area (Å²) in [4.78, 5) is 28.5. The first kappa shape index (κ1) is 19.2. The molecule has 9 heteroatoms. The van der Waals surface area contributed by atoms with Crippen molar-refractivity contribution in [2.45, 2.75) is 0 Å². The van der Waals surface area contributed by atoms with Gasteiger partial charge in [-0.3, -0.25) is 14.9 Å². The summed E-state index contributed by atoms with van der Waals surface area (Å²) in [5.74, 6) is 0.291. The molecule has 0 bridgehead atoms. The van der Waals surface area contributed by atoms with Crippen LogP contribution in [0.1, 0.15) is 5.56 Å². The lowest BCUT2D eigenvalue weighted by Gasteiger charge is -2.07. The highest BCUT2D eigenvalue weighted by Gasteiger charge is 2.17. The smallest absolute Gasteiger partial charge is 0.282 e. The highest BCUT2D eigenvalue weighted by Crippen LogP contribution is 2.27. The van der Waals surface area contributed by atoms with E-state index in [4.69, 9.17) is 4.42 Å². The van der Waals surface area contributed by atoms with E-state index in [-0.39, 0.29) is 22.8 Å². The summed E-state index contributed by atoms with van der Waals surface area (Å²) < 4.78 is 6.92. The lowest BCUT2D eigenvalue weighted by molar-refractivity contribution is -0.385. The molecule has 0 saturated carbocycles. The van der Waals surface area contributed by atoms with Crippen molar-refractivity contribution in [3.05, 3.63) is 98.8 Å². The molecule has 0 aliphatic heterocycles. The van der Waals surface area contributed by atoms with E-state index in [0.717, 1.165) is 22.3 Å². The first-order valence-electron chi connectivity index (χ1n) is 9.54. The van der Waals surface area contributed by atoms with Gasteiger partial charge in [-0.1, -0.05) is 30.3 Å². The molecular weight excluding hydrogens is 412 g/mol. The number of rotatable bonds is 4. The zero-order chi connectivity index (χ0) is 22.2. The third-order valence-electron chi connectivity index (χ3n) is 4.92. The fourth-order valence-electron chi connectivity index (χ4n) is 3.41. The van der Waals surface area contributed by atoms with E-state index >= 15 is 0 Å². The van der Waals surface area contributed by atoms with Gasteiger partial charge in [0.2, 0.25) is 5.82 Å². The van der Waals surface area contributed by atoms with Crippen molar-refractivity contribution < 1.29 is 14.4 Å². The van der Waals surface area contributed by atoms with Crippen molar-refractivity contribution >= 4 is 33.8 Å². The van der Waals surface area contributed by atoms with Crippen LogP contribution in [-0.2, 0) is 0 Å². The van der Waals surface area contributed by atoms with Crippen molar-refractivity contribution in [2.75, 3.05) is 0 Å². The number of fused-ring (bicyclic) bond motifs is 2. The maximum Gasteiger partial charge on any atom is 0.282 e. The molecular formula is C23H14N4O5. The molecule has 0 radical (unpaired) electrons. The number of nitrogens with zero attached hydrogens (tertiary/aromatic N) is 4. The molecule has 0 spiro atoms. The second-order valence-corrected chi connectivity index (χ2v) is 6.96. The molecule has 0 fully saturated rings. The van der Waals surface area contributed by atoms with Crippen LogP contribution in [0.4, 0.5) is 5.69 Å². The second kappa shape index (κ2) is 7.47. The zero-order valence-electron chi connectivity index (χ0n) is 16.4. The van der Waals surface area contributed by atoms with E-state index in [1.165, 1.54) is 12.1 Å². The number of furan rings is 1. The molecule has 32 heavy (non-hydrogen) atoms. The molecule has 0 saturated heterocycles. The second-order valence-electron chi connectivity index (χ2n) is 6.96. The van der Waals surface area contributed by atoms with Gasteiger partial charge >= 0.3 is 0 Å². The Labute approximate surface area is 179 Å². The number of para-hydroxylation sites is 2. The number of aromatic nitrogens is 2. The van der Waals surface area contributed by atoms with Gasteiger partial charge in [0.15, 0.2) is 5.76 Å². The zero-order valence-corrected chi connectivity index (χ0v) is 16.4. The van der Waals surface area contributed by atoms with Gasteiger partial charge in [-0.2, -0.15) is 9.78 Å².